The molecule has 0 heterocycles. The minimum atomic E-state index is -0.0103. The maximum atomic E-state index is 9.85. The molecule has 0 aliphatic heterocycles. The van der Waals surface area contributed by atoms with Crippen LogP contribution >= 0.6 is 31.9 Å². The van der Waals surface area contributed by atoms with Crippen molar-refractivity contribution in [2.45, 2.75) is 25.3 Å². The smallest absolute Gasteiger partial charge is 0.173 e. The lowest BCUT2D eigenvalue weighted by Crippen LogP contribution is -2.27. The molecule has 0 amide bonds. The Kier molecular flexibility index (Phi) is 4.00. The van der Waals surface area contributed by atoms with Crippen molar-refractivity contribution >= 4 is 31.9 Å². The number of phenols is 1. The van der Waals surface area contributed by atoms with E-state index in [2.05, 4.69) is 31.9 Å². The molecule has 1 fully saturated rings. The van der Waals surface area contributed by atoms with Gasteiger partial charge in [-0.1, -0.05) is 6.42 Å². The summed E-state index contributed by atoms with van der Waals surface area (Å²) in [6.07, 6.45) is 3.61. The third-order valence-corrected chi connectivity index (χ3v) is 5.57. The van der Waals surface area contributed by atoms with Gasteiger partial charge in [-0.15, -0.1) is 0 Å². The summed E-state index contributed by atoms with van der Waals surface area (Å²) in [7, 11) is 1.54. The average Bonchev–Trinajstić information content (AvgIpc) is 2.24. The van der Waals surface area contributed by atoms with Crippen LogP contribution in [-0.4, -0.2) is 12.2 Å². The van der Waals surface area contributed by atoms with E-state index in [9.17, 15) is 5.11 Å². The van der Waals surface area contributed by atoms with Crippen molar-refractivity contribution in [3.8, 4) is 11.5 Å². The van der Waals surface area contributed by atoms with Gasteiger partial charge >= 0.3 is 0 Å². The molecule has 0 radical (unpaired) electrons. The molecule has 0 bridgehead atoms. The van der Waals surface area contributed by atoms with Crippen LogP contribution in [0.4, 0.5) is 0 Å². The zero-order valence-corrected chi connectivity index (χ0v) is 12.7. The number of hydrogen-bond acceptors (Lipinski definition) is 3. The second-order valence-corrected chi connectivity index (χ2v) is 5.95. The number of halogens is 2. The van der Waals surface area contributed by atoms with Crippen LogP contribution in [0.5, 0.6) is 11.5 Å². The van der Waals surface area contributed by atoms with Crippen LogP contribution < -0.4 is 10.5 Å². The first-order valence-corrected chi connectivity index (χ1v) is 7.15. The maximum absolute atomic E-state index is 9.85. The summed E-state index contributed by atoms with van der Waals surface area (Å²) in [6.45, 7) is 0. The molecule has 1 aromatic rings. The van der Waals surface area contributed by atoms with Crippen molar-refractivity contribution < 1.29 is 9.84 Å². The van der Waals surface area contributed by atoms with Crippen LogP contribution in [-0.2, 0) is 0 Å². The van der Waals surface area contributed by atoms with Gasteiger partial charge in [-0.25, -0.2) is 0 Å². The normalized spacial score (nSPS) is 17.6. The molecule has 1 aliphatic rings. The Morgan fingerprint density at radius 3 is 2.53 bits per heavy atom. The maximum Gasteiger partial charge on any atom is 0.173 e. The van der Waals surface area contributed by atoms with Crippen molar-refractivity contribution in [1.29, 1.82) is 0 Å². The van der Waals surface area contributed by atoms with Gasteiger partial charge in [0.25, 0.3) is 0 Å². The zero-order chi connectivity index (χ0) is 12.6. The molecule has 94 valence electrons. The molecule has 1 atom stereocenters. The van der Waals surface area contributed by atoms with Gasteiger partial charge in [-0.3, -0.25) is 0 Å². The molecule has 0 spiro atoms. The number of methoxy groups -OCH3 is 1. The highest BCUT2D eigenvalue weighted by molar-refractivity contribution is 9.13. The molecule has 2 rings (SSSR count). The fourth-order valence-electron chi connectivity index (χ4n) is 2.06. The van der Waals surface area contributed by atoms with E-state index in [1.807, 2.05) is 6.07 Å². The van der Waals surface area contributed by atoms with Gasteiger partial charge in [0.1, 0.15) is 0 Å². The van der Waals surface area contributed by atoms with Crippen LogP contribution in [0.3, 0.4) is 0 Å². The molecule has 1 aliphatic carbocycles. The molecule has 17 heavy (non-hydrogen) atoms. The molecule has 1 aromatic carbocycles. The summed E-state index contributed by atoms with van der Waals surface area (Å²) in [6, 6.07) is 1.80. The van der Waals surface area contributed by atoms with Crippen LogP contribution in [0.2, 0.25) is 0 Å². The van der Waals surface area contributed by atoms with Crippen molar-refractivity contribution in [3.63, 3.8) is 0 Å². The summed E-state index contributed by atoms with van der Waals surface area (Å²) in [4.78, 5) is 0. The largest absolute Gasteiger partial charge is 0.503 e. The summed E-state index contributed by atoms with van der Waals surface area (Å²) >= 11 is 6.82. The molecule has 3 N–H and O–H groups in total. The van der Waals surface area contributed by atoms with Gasteiger partial charge in [0.05, 0.1) is 11.6 Å². The second kappa shape index (κ2) is 5.16. The second-order valence-electron chi connectivity index (χ2n) is 4.36. The van der Waals surface area contributed by atoms with Gasteiger partial charge in [-0.2, -0.15) is 0 Å². The SMILES string of the molecule is COc1cc([C@@H](N)C2CCC2)c(Br)c(Br)c1O. The lowest BCUT2D eigenvalue weighted by molar-refractivity contribution is 0.263. The lowest BCUT2D eigenvalue weighted by atomic mass is 9.77. The molecule has 0 aromatic heterocycles. The summed E-state index contributed by atoms with van der Waals surface area (Å²) in [5.74, 6) is 1.08. The van der Waals surface area contributed by atoms with Crippen molar-refractivity contribution in [3.05, 3.63) is 20.6 Å². The Bertz CT molecular complexity index is 433. The van der Waals surface area contributed by atoms with Crippen LogP contribution in [0, 0.1) is 5.92 Å². The Balaban J connectivity index is 2.42. The minimum absolute atomic E-state index is 0.0103. The molecular formula is C12H15Br2NO2. The predicted molar refractivity (Wildman–Crippen MR) is 74.3 cm³/mol. The molecule has 5 heteroatoms. The van der Waals surface area contributed by atoms with E-state index in [1.165, 1.54) is 26.4 Å². The van der Waals surface area contributed by atoms with Gasteiger partial charge in [0, 0.05) is 10.5 Å². The molecule has 1 saturated carbocycles. The fourth-order valence-corrected chi connectivity index (χ4v) is 3.05. The standard InChI is InChI=1S/C12H15Br2NO2/c1-17-8-5-7(9(13)10(14)12(8)16)11(15)6-3-2-4-6/h5-6,11,16H,2-4,15H2,1H3/t11-/m0/s1. The fraction of sp³-hybridized carbons (Fsp3) is 0.500. The monoisotopic (exact) mass is 363 g/mol. The minimum Gasteiger partial charge on any atom is -0.503 e. The van der Waals surface area contributed by atoms with Gasteiger partial charge in [0.15, 0.2) is 11.5 Å². The topological polar surface area (TPSA) is 55.5 Å². The van der Waals surface area contributed by atoms with E-state index in [-0.39, 0.29) is 11.8 Å². The highest BCUT2D eigenvalue weighted by Crippen LogP contribution is 2.46. The molecule has 0 saturated heterocycles. The lowest BCUT2D eigenvalue weighted by Gasteiger charge is -2.32. The first-order valence-electron chi connectivity index (χ1n) is 5.56. The zero-order valence-electron chi connectivity index (χ0n) is 9.54. The number of rotatable bonds is 3. The van der Waals surface area contributed by atoms with E-state index in [0.29, 0.717) is 16.1 Å². The molecule has 3 nitrogen and oxygen atoms in total. The van der Waals surface area contributed by atoms with E-state index in [4.69, 9.17) is 10.5 Å². The quantitative estimate of drug-likeness (QED) is 0.859. The number of phenolic OH excluding ortho intramolecular Hbond substituents is 1. The summed E-state index contributed by atoms with van der Waals surface area (Å²) in [5, 5.41) is 9.85. The van der Waals surface area contributed by atoms with Crippen molar-refractivity contribution in [2.24, 2.45) is 11.7 Å². The average molecular weight is 365 g/mol. The Hall–Kier alpha value is -0.260. The van der Waals surface area contributed by atoms with Gasteiger partial charge in [-0.05, 0) is 62.2 Å². The first kappa shape index (κ1) is 13.2. The van der Waals surface area contributed by atoms with Gasteiger partial charge in [0.2, 0.25) is 0 Å². The number of nitrogens with two attached hydrogens (primary N) is 1. The van der Waals surface area contributed by atoms with Crippen LogP contribution in [0.25, 0.3) is 0 Å². The highest BCUT2D eigenvalue weighted by atomic mass is 79.9. The molecular weight excluding hydrogens is 350 g/mol. The Labute approximate surface area is 118 Å². The summed E-state index contributed by atoms with van der Waals surface area (Å²) < 4.78 is 6.56. The van der Waals surface area contributed by atoms with E-state index >= 15 is 0 Å². The number of benzene rings is 1. The first-order chi connectivity index (χ1) is 8.06. The van der Waals surface area contributed by atoms with Crippen molar-refractivity contribution in [2.75, 3.05) is 7.11 Å². The van der Waals surface area contributed by atoms with Crippen LogP contribution in [0.1, 0.15) is 30.9 Å². The molecule has 0 unspecified atom stereocenters. The predicted octanol–water partition coefficient (Wildman–Crippen LogP) is 3.73. The van der Waals surface area contributed by atoms with Gasteiger partial charge < -0.3 is 15.6 Å². The Morgan fingerprint density at radius 1 is 1.41 bits per heavy atom. The number of aromatic hydroxyl groups is 1. The van der Waals surface area contributed by atoms with E-state index < -0.39 is 0 Å². The number of hydrogen-bond donors (Lipinski definition) is 2. The summed E-state index contributed by atoms with van der Waals surface area (Å²) in [5.41, 5.74) is 7.24. The van der Waals surface area contributed by atoms with E-state index in [1.54, 1.807) is 0 Å². The third-order valence-electron chi connectivity index (χ3n) is 3.41. The van der Waals surface area contributed by atoms with E-state index in [0.717, 1.165) is 10.0 Å². The van der Waals surface area contributed by atoms with Crippen molar-refractivity contribution in [1.82, 2.24) is 0 Å². The number of ether oxygens (including phenoxy) is 1. The highest BCUT2D eigenvalue weighted by Gasteiger charge is 2.28. The Morgan fingerprint density at radius 2 is 2.06 bits per heavy atom. The van der Waals surface area contributed by atoms with Crippen LogP contribution in [0.15, 0.2) is 15.0 Å². The third kappa shape index (κ3) is 2.33.